The molecule has 0 radical (unpaired) electrons. The summed E-state index contributed by atoms with van der Waals surface area (Å²) in [6.45, 7) is 10.2. The molecule has 2 fully saturated rings. The highest BCUT2D eigenvalue weighted by Crippen LogP contribution is 2.25. The number of rotatable bonds is 5. The number of likely N-dealkylation sites (tertiary alicyclic amines) is 2. The summed E-state index contributed by atoms with van der Waals surface area (Å²) in [7, 11) is 0. The molecule has 0 bridgehead atoms. The number of carboxylic acid groups (broad SMARTS) is 1. The van der Waals surface area contributed by atoms with Gasteiger partial charge in [0.05, 0.1) is 5.54 Å². The van der Waals surface area contributed by atoms with Gasteiger partial charge in [0, 0.05) is 41.8 Å². The number of amides is 2. The Bertz CT molecular complexity index is 1190. The van der Waals surface area contributed by atoms with Crippen molar-refractivity contribution < 1.29 is 32.7 Å². The van der Waals surface area contributed by atoms with Crippen LogP contribution in [0.2, 0.25) is 5.02 Å². The molecule has 2 aromatic rings. The third kappa shape index (κ3) is 9.19. The first kappa shape index (κ1) is 32.4. The van der Waals surface area contributed by atoms with Crippen LogP contribution in [0.25, 0.3) is 0 Å². The quantitative estimate of drug-likeness (QED) is 0.444. The summed E-state index contributed by atoms with van der Waals surface area (Å²) in [6.07, 6.45) is -0.380. The molecule has 41 heavy (non-hydrogen) atoms. The molecule has 0 aliphatic carbocycles. The monoisotopic (exact) mass is 595 g/mol. The van der Waals surface area contributed by atoms with Crippen molar-refractivity contribution in [3.63, 3.8) is 0 Å². The molecule has 4 rings (SSSR count). The second kappa shape index (κ2) is 13.7. The second-order valence-electron chi connectivity index (χ2n) is 11.2. The third-order valence-corrected chi connectivity index (χ3v) is 7.84. The van der Waals surface area contributed by atoms with Gasteiger partial charge in [-0.05, 0) is 94.0 Å². The lowest BCUT2D eigenvalue weighted by Gasteiger charge is -2.41. The van der Waals surface area contributed by atoms with E-state index in [1.165, 1.54) is 25.9 Å². The molecule has 2 aliphatic heterocycles. The highest BCUT2D eigenvalue weighted by molar-refractivity contribution is 6.30. The Balaban J connectivity index is 0.000000587. The minimum atomic E-state index is -5.08. The van der Waals surface area contributed by atoms with Gasteiger partial charge in [0.1, 0.15) is 0 Å². The van der Waals surface area contributed by atoms with Gasteiger partial charge >= 0.3 is 12.1 Å². The Hall–Kier alpha value is -3.11. The Morgan fingerprint density at radius 3 is 1.95 bits per heavy atom. The second-order valence-corrected chi connectivity index (χ2v) is 11.7. The van der Waals surface area contributed by atoms with Crippen LogP contribution in [-0.4, -0.2) is 71.1 Å². The summed E-state index contributed by atoms with van der Waals surface area (Å²) in [4.78, 5) is 39.4. The standard InChI is InChI=1S/C28H36ClN3O2.C2HF3O2/c1-20-5-4-16-32(19-20)25-14-17-31(18-15-25)27(34)22-8-6-21(7-9-22)26(33)30-28(2,3)23-10-12-24(29)13-11-23;3-2(4,5)1(6)7/h6-13,20,25H,4-5,14-19H2,1-3H3,(H,30,33);(H,6,7). The summed E-state index contributed by atoms with van der Waals surface area (Å²) < 4.78 is 31.7. The van der Waals surface area contributed by atoms with Gasteiger partial charge < -0.3 is 15.3 Å². The fraction of sp³-hybridized carbons (Fsp3) is 0.500. The van der Waals surface area contributed by atoms with E-state index in [0.29, 0.717) is 22.2 Å². The molecule has 0 saturated carbocycles. The van der Waals surface area contributed by atoms with E-state index >= 15 is 0 Å². The zero-order valence-corrected chi connectivity index (χ0v) is 24.3. The molecule has 1 atom stereocenters. The third-order valence-electron chi connectivity index (χ3n) is 7.59. The van der Waals surface area contributed by atoms with Crippen LogP contribution in [0.3, 0.4) is 0 Å². The number of carbonyl (C=O) groups excluding carboxylic acids is 2. The normalized spacial score (nSPS) is 18.7. The molecular formula is C30H37ClF3N3O4. The molecule has 7 nitrogen and oxygen atoms in total. The predicted octanol–water partition coefficient (Wildman–Crippen LogP) is 5.97. The van der Waals surface area contributed by atoms with E-state index in [4.69, 9.17) is 21.5 Å². The number of aliphatic carboxylic acids is 1. The Morgan fingerprint density at radius 1 is 0.902 bits per heavy atom. The molecule has 1 unspecified atom stereocenters. The van der Waals surface area contributed by atoms with Crippen molar-refractivity contribution in [3.8, 4) is 0 Å². The van der Waals surface area contributed by atoms with Gasteiger partial charge in [-0.2, -0.15) is 13.2 Å². The van der Waals surface area contributed by atoms with Crippen LogP contribution in [0, 0.1) is 5.92 Å². The predicted molar refractivity (Wildman–Crippen MR) is 151 cm³/mol. The van der Waals surface area contributed by atoms with Crippen LogP contribution >= 0.6 is 11.6 Å². The fourth-order valence-electron chi connectivity index (χ4n) is 5.23. The highest BCUT2D eigenvalue weighted by Gasteiger charge is 2.38. The van der Waals surface area contributed by atoms with Crippen molar-refractivity contribution in [2.24, 2.45) is 5.92 Å². The molecule has 2 saturated heterocycles. The van der Waals surface area contributed by atoms with E-state index in [-0.39, 0.29) is 11.8 Å². The number of hydrogen-bond donors (Lipinski definition) is 2. The van der Waals surface area contributed by atoms with Crippen molar-refractivity contribution in [1.29, 1.82) is 0 Å². The van der Waals surface area contributed by atoms with Crippen LogP contribution in [-0.2, 0) is 10.3 Å². The number of carboxylic acids is 1. The zero-order valence-electron chi connectivity index (χ0n) is 23.5. The van der Waals surface area contributed by atoms with Gasteiger partial charge in [-0.3, -0.25) is 14.5 Å². The van der Waals surface area contributed by atoms with E-state index in [1.54, 1.807) is 24.3 Å². The first-order valence-electron chi connectivity index (χ1n) is 13.7. The van der Waals surface area contributed by atoms with E-state index in [2.05, 4.69) is 17.1 Å². The summed E-state index contributed by atoms with van der Waals surface area (Å²) in [6, 6.07) is 15.1. The Morgan fingerprint density at radius 2 is 1.44 bits per heavy atom. The molecule has 2 heterocycles. The smallest absolute Gasteiger partial charge is 0.475 e. The maximum absolute atomic E-state index is 13.1. The number of carbonyl (C=O) groups is 3. The molecule has 2 amide bonds. The van der Waals surface area contributed by atoms with Crippen molar-refractivity contribution >= 4 is 29.4 Å². The average molecular weight is 596 g/mol. The van der Waals surface area contributed by atoms with Crippen molar-refractivity contribution in [2.75, 3.05) is 26.2 Å². The molecule has 2 aromatic carbocycles. The van der Waals surface area contributed by atoms with Crippen LogP contribution in [0.5, 0.6) is 0 Å². The Labute approximate surface area is 243 Å². The van der Waals surface area contributed by atoms with Gasteiger partial charge in [0.15, 0.2) is 0 Å². The lowest BCUT2D eigenvalue weighted by atomic mass is 9.94. The number of nitrogens with one attached hydrogen (secondary N) is 1. The van der Waals surface area contributed by atoms with Gasteiger partial charge in [0.2, 0.25) is 0 Å². The minimum absolute atomic E-state index is 0.0546. The summed E-state index contributed by atoms with van der Waals surface area (Å²) in [5.41, 5.74) is 1.60. The molecular weight excluding hydrogens is 559 g/mol. The number of alkyl halides is 3. The number of benzene rings is 2. The zero-order chi connectivity index (χ0) is 30.4. The molecule has 0 spiro atoms. The minimum Gasteiger partial charge on any atom is -0.475 e. The molecule has 224 valence electrons. The maximum atomic E-state index is 13.1. The fourth-order valence-corrected chi connectivity index (χ4v) is 5.36. The van der Waals surface area contributed by atoms with Crippen LogP contribution < -0.4 is 5.32 Å². The van der Waals surface area contributed by atoms with Crippen LogP contribution in [0.4, 0.5) is 13.2 Å². The lowest BCUT2D eigenvalue weighted by Crippen LogP contribution is -2.49. The van der Waals surface area contributed by atoms with Crippen LogP contribution in [0.1, 0.15) is 72.7 Å². The topological polar surface area (TPSA) is 90.0 Å². The van der Waals surface area contributed by atoms with Crippen molar-refractivity contribution in [1.82, 2.24) is 15.1 Å². The SMILES string of the molecule is CC1CCCN(C2CCN(C(=O)c3ccc(C(=O)NC(C)(C)c4ccc(Cl)cc4)cc3)CC2)C1.O=C(O)C(F)(F)F. The van der Waals surface area contributed by atoms with Gasteiger partial charge in [-0.1, -0.05) is 30.7 Å². The maximum Gasteiger partial charge on any atom is 0.490 e. The van der Waals surface area contributed by atoms with E-state index < -0.39 is 17.7 Å². The number of hydrogen-bond acceptors (Lipinski definition) is 4. The average Bonchev–Trinajstić information content (AvgIpc) is 2.92. The Kier molecular flexibility index (Phi) is 10.8. The summed E-state index contributed by atoms with van der Waals surface area (Å²) >= 11 is 5.99. The highest BCUT2D eigenvalue weighted by atomic mass is 35.5. The molecule has 2 N–H and O–H groups in total. The van der Waals surface area contributed by atoms with Crippen molar-refractivity contribution in [3.05, 3.63) is 70.2 Å². The van der Waals surface area contributed by atoms with Crippen molar-refractivity contribution in [2.45, 2.75) is 64.2 Å². The first-order valence-corrected chi connectivity index (χ1v) is 14.1. The lowest BCUT2D eigenvalue weighted by molar-refractivity contribution is -0.192. The molecule has 2 aliphatic rings. The van der Waals surface area contributed by atoms with Gasteiger partial charge in [0.25, 0.3) is 11.8 Å². The molecule has 11 heteroatoms. The number of nitrogens with zero attached hydrogens (tertiary/aromatic N) is 2. The first-order chi connectivity index (χ1) is 19.2. The van der Waals surface area contributed by atoms with E-state index in [0.717, 1.165) is 37.4 Å². The summed E-state index contributed by atoms with van der Waals surface area (Å²) in [5, 5.41) is 10.9. The van der Waals surface area contributed by atoms with E-state index in [1.807, 2.05) is 43.0 Å². The number of halogens is 4. The van der Waals surface area contributed by atoms with Gasteiger partial charge in [-0.25, -0.2) is 4.79 Å². The summed E-state index contributed by atoms with van der Waals surface area (Å²) in [5.74, 6) is -2.09. The van der Waals surface area contributed by atoms with E-state index in [9.17, 15) is 22.8 Å². The molecule has 0 aromatic heterocycles. The van der Waals surface area contributed by atoms with Gasteiger partial charge in [-0.15, -0.1) is 0 Å². The number of piperidine rings is 2. The largest absolute Gasteiger partial charge is 0.490 e. The van der Waals surface area contributed by atoms with Crippen LogP contribution in [0.15, 0.2) is 48.5 Å².